The van der Waals surface area contributed by atoms with Gasteiger partial charge in [0.1, 0.15) is 19.3 Å². The number of aliphatic hydroxyl groups excluding tert-OH is 1. The highest BCUT2D eigenvalue weighted by atomic mass is 31.2. The molecule has 0 bridgehead atoms. The molecule has 6 atom stereocenters. The lowest BCUT2D eigenvalue weighted by Gasteiger charge is -2.21. The number of phosphoric ester groups is 2. The number of esters is 4. The first-order valence-corrected chi connectivity index (χ1v) is 43.7. The molecule has 0 spiro atoms. The number of aliphatic hydroxyl groups is 1. The van der Waals surface area contributed by atoms with Gasteiger partial charge >= 0.3 is 39.5 Å². The minimum atomic E-state index is -4.96. The Morgan fingerprint density at radius 1 is 0.286 bits per heavy atom. The summed E-state index contributed by atoms with van der Waals surface area (Å²) in [5, 5.41) is 10.6. The first-order valence-electron chi connectivity index (χ1n) is 40.7. The summed E-state index contributed by atoms with van der Waals surface area (Å²) >= 11 is 0. The molecule has 0 aliphatic heterocycles. The van der Waals surface area contributed by atoms with E-state index in [4.69, 9.17) is 37.0 Å². The van der Waals surface area contributed by atoms with Crippen LogP contribution in [0, 0.1) is 23.7 Å². The fourth-order valence-electron chi connectivity index (χ4n) is 12.0. The summed E-state index contributed by atoms with van der Waals surface area (Å²) in [6.45, 7) is 14.2. The second-order valence-corrected chi connectivity index (χ2v) is 33.0. The summed E-state index contributed by atoms with van der Waals surface area (Å²) in [5.41, 5.74) is 0. The van der Waals surface area contributed by atoms with Crippen molar-refractivity contribution in [1.82, 2.24) is 0 Å². The second kappa shape index (κ2) is 68.2. The number of carbonyl (C=O) groups is 4. The molecule has 0 aromatic heterocycles. The number of rotatable bonds is 76. The Morgan fingerprint density at radius 2 is 0.490 bits per heavy atom. The molecule has 0 radical (unpaired) electrons. The van der Waals surface area contributed by atoms with Crippen molar-refractivity contribution in [2.24, 2.45) is 23.7 Å². The lowest BCUT2D eigenvalue weighted by molar-refractivity contribution is -0.161. The molecule has 3 unspecified atom stereocenters. The molecule has 0 aliphatic rings. The molecule has 3 N–H and O–H groups in total. The van der Waals surface area contributed by atoms with Crippen molar-refractivity contribution in [2.45, 2.75) is 420 Å². The van der Waals surface area contributed by atoms with Crippen LogP contribution in [0.4, 0.5) is 0 Å². The Balaban J connectivity index is 5.11. The summed E-state index contributed by atoms with van der Waals surface area (Å²) in [6, 6.07) is 0. The average molecular weight is 1440 g/mol. The van der Waals surface area contributed by atoms with E-state index in [0.29, 0.717) is 37.5 Å². The van der Waals surface area contributed by atoms with Gasteiger partial charge in [0.15, 0.2) is 12.2 Å². The summed E-state index contributed by atoms with van der Waals surface area (Å²) in [7, 11) is -9.91. The average Bonchev–Trinajstić information content (AvgIpc) is 1.01. The van der Waals surface area contributed by atoms with Crippen molar-refractivity contribution in [2.75, 3.05) is 39.6 Å². The summed E-state index contributed by atoms with van der Waals surface area (Å²) in [6.07, 6.45) is 54.5. The third kappa shape index (κ3) is 71.1. The topological polar surface area (TPSA) is 237 Å². The molecule has 0 aromatic rings. The van der Waals surface area contributed by atoms with Crippen LogP contribution in [0.3, 0.4) is 0 Å². The van der Waals surface area contributed by atoms with Crippen molar-refractivity contribution in [1.29, 1.82) is 0 Å². The lowest BCUT2D eigenvalue weighted by Crippen LogP contribution is -2.30. The van der Waals surface area contributed by atoms with Crippen LogP contribution in [-0.2, 0) is 65.4 Å². The quantitative estimate of drug-likeness (QED) is 0.0222. The molecule has 98 heavy (non-hydrogen) atoms. The molecule has 0 saturated carbocycles. The maximum absolute atomic E-state index is 13.1. The normalized spacial score (nSPS) is 14.3. The van der Waals surface area contributed by atoms with Crippen molar-refractivity contribution in [3.8, 4) is 0 Å². The zero-order chi connectivity index (χ0) is 72.4. The van der Waals surface area contributed by atoms with Crippen LogP contribution in [0.5, 0.6) is 0 Å². The van der Waals surface area contributed by atoms with Gasteiger partial charge in [-0.1, -0.05) is 351 Å². The number of unbranched alkanes of at least 4 members (excludes halogenated alkanes) is 41. The number of phosphoric acid groups is 2. The summed E-state index contributed by atoms with van der Waals surface area (Å²) in [5.74, 6) is 0.921. The molecule has 19 heteroatoms. The van der Waals surface area contributed by atoms with E-state index >= 15 is 0 Å². The zero-order valence-corrected chi connectivity index (χ0v) is 66.2. The molecule has 0 aromatic carbocycles. The largest absolute Gasteiger partial charge is 0.472 e. The highest BCUT2D eigenvalue weighted by molar-refractivity contribution is 7.47. The Bertz CT molecular complexity index is 1920. The molecule has 0 amide bonds. The zero-order valence-electron chi connectivity index (χ0n) is 64.4. The van der Waals surface area contributed by atoms with E-state index in [9.17, 15) is 43.2 Å². The predicted molar refractivity (Wildman–Crippen MR) is 400 cm³/mol. The SMILES string of the molecule is CCC(C)CCCCCCCCCCCCCCCCCCCCC(=O)OC[C@H](COP(=O)(O)OC[C@@H](O)COP(=O)(O)OC[C@@H](COC(=O)CCCCCCCCC(C)C)OC(=O)CCCCCCCCCCCCCCCCC(C)C)OC(=O)CCCCCCCCCC(C)C. The van der Waals surface area contributed by atoms with E-state index in [-0.39, 0.29) is 25.7 Å². The van der Waals surface area contributed by atoms with Crippen LogP contribution in [0.1, 0.15) is 402 Å². The van der Waals surface area contributed by atoms with Gasteiger partial charge in [-0.15, -0.1) is 0 Å². The highest BCUT2D eigenvalue weighted by Gasteiger charge is 2.30. The van der Waals surface area contributed by atoms with Gasteiger partial charge in [-0.05, 0) is 49.4 Å². The number of hydrogen-bond donors (Lipinski definition) is 3. The molecule has 0 rings (SSSR count). The monoisotopic (exact) mass is 1440 g/mol. The van der Waals surface area contributed by atoms with Gasteiger partial charge in [0.2, 0.25) is 0 Å². The molecule has 0 fully saturated rings. The molecule has 17 nitrogen and oxygen atoms in total. The van der Waals surface area contributed by atoms with Crippen molar-refractivity contribution >= 4 is 39.5 Å². The lowest BCUT2D eigenvalue weighted by atomic mass is 9.99. The number of hydrogen-bond acceptors (Lipinski definition) is 15. The Hall–Kier alpha value is -1.94. The van der Waals surface area contributed by atoms with E-state index in [2.05, 4.69) is 55.4 Å². The highest BCUT2D eigenvalue weighted by Crippen LogP contribution is 2.45. The number of ether oxygens (including phenoxy) is 4. The smallest absolute Gasteiger partial charge is 0.462 e. The van der Waals surface area contributed by atoms with Gasteiger partial charge < -0.3 is 33.8 Å². The molecule has 582 valence electrons. The van der Waals surface area contributed by atoms with E-state index in [0.717, 1.165) is 108 Å². The van der Waals surface area contributed by atoms with Gasteiger partial charge in [-0.25, -0.2) is 9.13 Å². The fraction of sp³-hybridized carbons (Fsp3) is 0.949. The van der Waals surface area contributed by atoms with E-state index in [1.807, 2.05) is 0 Å². The standard InChI is InChI=1S/C79H154O17P2/c1-9-72(8)58-50-42-33-27-23-19-14-12-10-11-13-15-20-24-28-34-43-51-59-76(81)89-65-74(96-79(84)62-54-46-36-30-32-40-48-56-70(4)5)67-93-97(85,86)91-63-73(80)64-92-98(87,88)94-68-75(66-90-77(82)60-52-44-38-37-41-49-57-71(6)7)95-78(83)61-53-45-35-29-25-21-17-16-18-22-26-31-39-47-55-69(2)3/h69-75,80H,9-68H2,1-8H3,(H,85,86)(H,87,88)/t72?,73-,74-,75-/m1/s1. The third-order valence-electron chi connectivity index (χ3n) is 18.7. The third-order valence-corrected chi connectivity index (χ3v) is 20.6. The van der Waals surface area contributed by atoms with E-state index in [1.54, 1.807) is 0 Å². The van der Waals surface area contributed by atoms with Gasteiger partial charge in [0, 0.05) is 25.7 Å². The molecule has 0 saturated heterocycles. The van der Waals surface area contributed by atoms with Gasteiger partial charge in [0.25, 0.3) is 0 Å². The molecule has 0 aliphatic carbocycles. The minimum absolute atomic E-state index is 0.104. The van der Waals surface area contributed by atoms with Gasteiger partial charge in [-0.3, -0.25) is 37.3 Å². The summed E-state index contributed by atoms with van der Waals surface area (Å²) < 4.78 is 68.5. The van der Waals surface area contributed by atoms with Crippen molar-refractivity contribution in [3.63, 3.8) is 0 Å². The molecule has 0 heterocycles. The van der Waals surface area contributed by atoms with Crippen LogP contribution < -0.4 is 0 Å². The first-order chi connectivity index (χ1) is 47.1. The maximum Gasteiger partial charge on any atom is 0.472 e. The van der Waals surface area contributed by atoms with Gasteiger partial charge in [-0.2, -0.15) is 0 Å². The minimum Gasteiger partial charge on any atom is -0.462 e. The van der Waals surface area contributed by atoms with Crippen LogP contribution in [-0.4, -0.2) is 96.7 Å². The predicted octanol–water partition coefficient (Wildman–Crippen LogP) is 23.2. The Morgan fingerprint density at radius 3 is 0.724 bits per heavy atom. The van der Waals surface area contributed by atoms with Crippen LogP contribution >= 0.6 is 15.6 Å². The van der Waals surface area contributed by atoms with Crippen molar-refractivity contribution in [3.05, 3.63) is 0 Å². The fourth-order valence-corrected chi connectivity index (χ4v) is 13.6. The van der Waals surface area contributed by atoms with E-state index < -0.39 is 97.5 Å². The van der Waals surface area contributed by atoms with Crippen molar-refractivity contribution < 1.29 is 80.2 Å². The Kier molecular flexibility index (Phi) is 66.8. The molecular weight excluding hydrogens is 1280 g/mol. The maximum atomic E-state index is 13.1. The van der Waals surface area contributed by atoms with Crippen LogP contribution in [0.15, 0.2) is 0 Å². The second-order valence-electron chi connectivity index (χ2n) is 30.1. The first kappa shape index (κ1) is 96.1. The summed E-state index contributed by atoms with van der Waals surface area (Å²) in [4.78, 5) is 72.8. The van der Waals surface area contributed by atoms with Crippen LogP contribution in [0.2, 0.25) is 0 Å². The molecular formula is C79H154O17P2. The Labute approximate surface area is 600 Å². The van der Waals surface area contributed by atoms with Crippen LogP contribution in [0.25, 0.3) is 0 Å². The number of carbonyl (C=O) groups excluding carboxylic acids is 4. The van der Waals surface area contributed by atoms with Gasteiger partial charge in [0.05, 0.1) is 26.4 Å². The van der Waals surface area contributed by atoms with E-state index in [1.165, 1.54) is 199 Å².